The lowest BCUT2D eigenvalue weighted by atomic mass is 9.98. The Morgan fingerprint density at radius 1 is 0.345 bits per heavy atom. The molecular formula is C56H37NO. The number of fused-ring (bicyclic) bond motifs is 6. The van der Waals surface area contributed by atoms with E-state index in [-0.39, 0.29) is 46.7 Å². The second-order valence-electron chi connectivity index (χ2n) is 14.3. The molecule has 0 aliphatic carbocycles. The van der Waals surface area contributed by atoms with Crippen LogP contribution in [0.1, 0.15) is 11.0 Å². The molecule has 11 rings (SSSR count). The third-order valence-corrected chi connectivity index (χ3v) is 10.8. The Bertz CT molecular complexity index is 3700. The number of hydrogen-bond acceptors (Lipinski definition) is 2. The van der Waals surface area contributed by atoms with Crippen LogP contribution in [0.2, 0.25) is 0 Å². The Labute approximate surface area is 348 Å². The topological polar surface area (TPSA) is 16.4 Å². The predicted octanol–water partition coefficient (Wildman–Crippen LogP) is 16.0. The van der Waals surface area contributed by atoms with Crippen LogP contribution in [0.15, 0.2) is 229 Å². The molecule has 0 aliphatic rings. The van der Waals surface area contributed by atoms with Crippen LogP contribution in [0.3, 0.4) is 0 Å². The van der Waals surface area contributed by atoms with Crippen LogP contribution in [-0.4, -0.2) is 0 Å². The van der Waals surface area contributed by atoms with Crippen molar-refractivity contribution in [1.29, 1.82) is 0 Å². The van der Waals surface area contributed by atoms with Gasteiger partial charge in [-0.15, -0.1) is 0 Å². The van der Waals surface area contributed by atoms with Gasteiger partial charge in [-0.2, -0.15) is 0 Å². The third kappa shape index (κ3) is 6.00. The van der Waals surface area contributed by atoms with Crippen molar-refractivity contribution in [3.05, 3.63) is 224 Å². The maximum atomic E-state index is 9.68. The van der Waals surface area contributed by atoms with Gasteiger partial charge in [-0.1, -0.05) is 170 Å². The highest BCUT2D eigenvalue weighted by atomic mass is 16.3. The van der Waals surface area contributed by atoms with Gasteiger partial charge in [0.15, 0.2) is 0 Å². The number of furan rings is 1. The molecule has 0 N–H and O–H groups in total. The highest BCUT2D eigenvalue weighted by molar-refractivity contribution is 6.15. The minimum atomic E-state index is -0.414. The summed E-state index contributed by atoms with van der Waals surface area (Å²) in [6, 6.07) is 52.6. The van der Waals surface area contributed by atoms with E-state index in [1.165, 1.54) is 4.90 Å². The Kier molecular flexibility index (Phi) is 6.38. The number of benzene rings is 10. The molecule has 0 atom stereocenters. The van der Waals surface area contributed by atoms with Crippen molar-refractivity contribution in [2.75, 3.05) is 4.90 Å². The molecule has 0 saturated carbocycles. The summed E-state index contributed by atoms with van der Waals surface area (Å²) in [5, 5.41) is 5.73. The molecule has 2 heteroatoms. The van der Waals surface area contributed by atoms with Crippen LogP contribution in [-0.2, 0) is 0 Å². The first-order valence-electron chi connectivity index (χ1n) is 23.2. The van der Waals surface area contributed by atoms with Gasteiger partial charge in [-0.05, 0) is 110 Å². The predicted molar refractivity (Wildman–Crippen MR) is 245 cm³/mol. The fraction of sp³-hybridized carbons (Fsp3) is 0. The zero-order valence-electron chi connectivity index (χ0n) is 39.1. The number of anilines is 3. The van der Waals surface area contributed by atoms with E-state index in [2.05, 4.69) is 6.07 Å². The molecule has 0 radical (unpaired) electrons. The van der Waals surface area contributed by atoms with E-state index in [4.69, 9.17) is 4.42 Å². The van der Waals surface area contributed by atoms with Crippen molar-refractivity contribution in [2.24, 2.45) is 0 Å². The highest BCUT2D eigenvalue weighted by Crippen LogP contribution is 2.44. The lowest BCUT2D eigenvalue weighted by Crippen LogP contribution is -2.11. The average Bonchev–Trinajstić information content (AvgIpc) is 3.74. The van der Waals surface area contributed by atoms with Gasteiger partial charge >= 0.3 is 0 Å². The summed E-state index contributed by atoms with van der Waals surface area (Å²) in [7, 11) is 0. The zero-order valence-corrected chi connectivity index (χ0v) is 31.1. The van der Waals surface area contributed by atoms with Gasteiger partial charge in [0.05, 0.1) is 16.7 Å². The molecule has 1 aromatic heterocycles. The Morgan fingerprint density at radius 2 is 0.879 bits per heavy atom. The second kappa shape index (κ2) is 14.1. The second-order valence-corrected chi connectivity index (χ2v) is 14.3. The lowest BCUT2D eigenvalue weighted by Gasteiger charge is -2.28. The minimum Gasteiger partial charge on any atom is -0.455 e. The zero-order chi connectivity index (χ0) is 45.4. The normalized spacial score (nSPS) is 13.4. The summed E-state index contributed by atoms with van der Waals surface area (Å²) >= 11 is 0. The van der Waals surface area contributed by atoms with Crippen molar-refractivity contribution >= 4 is 60.5 Å². The van der Waals surface area contributed by atoms with Crippen LogP contribution >= 0.6 is 0 Å². The van der Waals surface area contributed by atoms with E-state index >= 15 is 0 Å². The summed E-state index contributed by atoms with van der Waals surface area (Å²) in [6.07, 6.45) is 0. The first-order chi connectivity index (χ1) is 32.1. The molecule has 0 amide bonds. The lowest BCUT2D eigenvalue weighted by molar-refractivity contribution is 0.673. The number of para-hydroxylation sites is 1. The molecular weight excluding hydrogens is 703 g/mol. The molecule has 0 aliphatic heterocycles. The molecule has 0 saturated heterocycles. The molecule has 0 spiro atoms. The molecule has 272 valence electrons. The Balaban J connectivity index is 1.14. The van der Waals surface area contributed by atoms with E-state index in [0.29, 0.717) is 33.5 Å². The smallest absolute Gasteiger partial charge is 0.143 e. The summed E-state index contributed by atoms with van der Waals surface area (Å²) in [4.78, 5) is 1.37. The number of hydrogen-bond donors (Lipinski definition) is 0. The van der Waals surface area contributed by atoms with Crippen LogP contribution in [0.4, 0.5) is 17.1 Å². The first kappa shape index (κ1) is 26.2. The van der Waals surface area contributed by atoms with Gasteiger partial charge in [0.2, 0.25) is 0 Å². The fourth-order valence-corrected chi connectivity index (χ4v) is 7.87. The van der Waals surface area contributed by atoms with Gasteiger partial charge in [-0.3, -0.25) is 0 Å². The third-order valence-electron chi connectivity index (χ3n) is 10.8. The van der Waals surface area contributed by atoms with Gasteiger partial charge in [0, 0.05) is 33.1 Å². The Hall–Kier alpha value is -7.68. The Morgan fingerprint density at radius 3 is 1.64 bits per heavy atom. The monoisotopic (exact) mass is 747 g/mol. The standard InChI is InChI=1S/C56H37NO/c1-2-10-38(11-3-1)40-18-20-41(21-19-40)42-24-30-48(31-25-42)57(49-32-26-43(27-33-49)46-23-22-39-12-4-5-14-45(39)36-46)54-17-9-8-15-50(54)47-29-34-52-53-35-28-44-13-6-7-16-51(44)56(53)58-55(52)37-47/h1-37H/i24D,25D,26D,27D,30D,31D,32D,33D. The van der Waals surface area contributed by atoms with E-state index in [9.17, 15) is 11.0 Å². The SMILES string of the molecule is [2H]c1c([2H])c(N(c2ccccc2-c2ccc3c(c2)oc2c4ccccc4ccc32)c2c([2H])c([2H])c(-c3ccc4ccccc4c3)c([2H])c2[2H])c([2H])c([2H])c1-c1ccc(-c2ccccc2)cc1. The van der Waals surface area contributed by atoms with Crippen LogP contribution in [0.25, 0.3) is 88.0 Å². The van der Waals surface area contributed by atoms with Gasteiger partial charge in [0.1, 0.15) is 11.2 Å². The van der Waals surface area contributed by atoms with E-state index < -0.39 is 24.2 Å². The van der Waals surface area contributed by atoms with Crippen LogP contribution < -0.4 is 4.90 Å². The number of rotatable bonds is 7. The maximum Gasteiger partial charge on any atom is 0.143 e. The van der Waals surface area contributed by atoms with Gasteiger partial charge in [0.25, 0.3) is 0 Å². The quantitative estimate of drug-likeness (QED) is 0.161. The summed E-state index contributed by atoms with van der Waals surface area (Å²) in [5.41, 5.74) is 5.60. The van der Waals surface area contributed by atoms with Crippen molar-refractivity contribution < 1.29 is 15.4 Å². The van der Waals surface area contributed by atoms with Gasteiger partial charge < -0.3 is 9.32 Å². The number of nitrogens with zero attached hydrogens (tertiary/aromatic N) is 1. The fourth-order valence-electron chi connectivity index (χ4n) is 7.87. The molecule has 0 bridgehead atoms. The first-order valence-corrected chi connectivity index (χ1v) is 19.2. The van der Waals surface area contributed by atoms with E-state index in [1.807, 2.05) is 140 Å². The van der Waals surface area contributed by atoms with E-state index in [0.717, 1.165) is 49.0 Å². The molecule has 10 aromatic carbocycles. The molecule has 1 heterocycles. The van der Waals surface area contributed by atoms with Crippen molar-refractivity contribution in [3.8, 4) is 44.5 Å². The van der Waals surface area contributed by atoms with Crippen LogP contribution in [0, 0.1) is 0 Å². The van der Waals surface area contributed by atoms with Crippen molar-refractivity contribution in [1.82, 2.24) is 0 Å². The highest BCUT2D eigenvalue weighted by Gasteiger charge is 2.19. The average molecular weight is 748 g/mol. The van der Waals surface area contributed by atoms with E-state index in [1.54, 1.807) is 30.3 Å². The van der Waals surface area contributed by atoms with Crippen LogP contribution in [0.5, 0.6) is 0 Å². The molecule has 2 nitrogen and oxygen atoms in total. The molecule has 0 unspecified atom stereocenters. The summed E-state index contributed by atoms with van der Waals surface area (Å²) in [5.74, 6) is 0. The van der Waals surface area contributed by atoms with Crippen molar-refractivity contribution in [2.45, 2.75) is 0 Å². The summed E-state index contributed by atoms with van der Waals surface area (Å²) < 4.78 is 83.2. The molecule has 0 fully saturated rings. The maximum absolute atomic E-state index is 9.68. The minimum absolute atomic E-state index is 0.0932. The summed E-state index contributed by atoms with van der Waals surface area (Å²) in [6.45, 7) is 0. The molecule has 11 aromatic rings. The van der Waals surface area contributed by atoms with Gasteiger partial charge in [-0.25, -0.2) is 0 Å². The van der Waals surface area contributed by atoms with Crippen molar-refractivity contribution in [3.63, 3.8) is 0 Å². The molecule has 58 heavy (non-hydrogen) atoms. The largest absolute Gasteiger partial charge is 0.455 e.